The number of hydrogen-bond acceptors (Lipinski definition) is 3. The molecular weight excluding hydrogens is 191 g/mol. The molecule has 2 aromatic rings. The number of thiocarbonyl (C=S) groups is 1. The normalized spacial score (nSPS) is 10.5. The van der Waals surface area contributed by atoms with Crippen molar-refractivity contribution in [2.24, 2.45) is 5.73 Å². The van der Waals surface area contributed by atoms with Gasteiger partial charge >= 0.3 is 0 Å². The van der Waals surface area contributed by atoms with Gasteiger partial charge in [-0.05, 0) is 12.1 Å². The molecule has 0 aliphatic rings. The molecule has 66 valence electrons. The number of nitrogens with two attached hydrogens (primary N) is 1. The van der Waals surface area contributed by atoms with Gasteiger partial charge in [-0.1, -0.05) is 12.2 Å². The van der Waals surface area contributed by atoms with Crippen LogP contribution in [0.5, 0.6) is 0 Å². The first-order valence-electron chi connectivity index (χ1n) is 3.53. The summed E-state index contributed by atoms with van der Waals surface area (Å²) in [5.41, 5.74) is 6.19. The van der Waals surface area contributed by atoms with Crippen LogP contribution in [0.15, 0.2) is 22.6 Å². The number of hydrogen-bond donors (Lipinski definition) is 1. The zero-order valence-electron chi connectivity index (χ0n) is 6.45. The van der Waals surface area contributed by atoms with Crippen molar-refractivity contribution in [1.82, 2.24) is 4.98 Å². The highest BCUT2D eigenvalue weighted by atomic mass is 32.1. The van der Waals surface area contributed by atoms with E-state index in [1.54, 1.807) is 0 Å². The molecule has 1 aromatic carbocycles. The Kier molecular flexibility index (Phi) is 1.73. The average Bonchev–Trinajstić information content (AvgIpc) is 2.46. The molecule has 2 N–H and O–H groups in total. The summed E-state index contributed by atoms with van der Waals surface area (Å²) in [6, 6.07) is 4.04. The maximum absolute atomic E-state index is 12.7. The van der Waals surface area contributed by atoms with E-state index in [1.807, 2.05) is 0 Å². The first kappa shape index (κ1) is 8.12. The lowest BCUT2D eigenvalue weighted by molar-refractivity contribution is 0.589. The van der Waals surface area contributed by atoms with Crippen LogP contribution in [0.25, 0.3) is 11.1 Å². The lowest BCUT2D eigenvalue weighted by Gasteiger charge is -1.85. The zero-order valence-corrected chi connectivity index (χ0v) is 7.27. The van der Waals surface area contributed by atoms with Gasteiger partial charge < -0.3 is 10.2 Å². The van der Waals surface area contributed by atoms with Crippen molar-refractivity contribution in [2.75, 3.05) is 0 Å². The highest BCUT2D eigenvalue weighted by Gasteiger charge is 2.07. The molecule has 0 saturated heterocycles. The molecule has 0 aliphatic carbocycles. The van der Waals surface area contributed by atoms with Crippen molar-refractivity contribution in [3.63, 3.8) is 0 Å². The first-order chi connectivity index (χ1) is 6.16. The summed E-state index contributed by atoms with van der Waals surface area (Å²) in [6.45, 7) is 0. The van der Waals surface area contributed by atoms with Crippen molar-refractivity contribution < 1.29 is 8.81 Å². The maximum atomic E-state index is 12.7. The van der Waals surface area contributed by atoms with E-state index in [-0.39, 0.29) is 16.7 Å². The van der Waals surface area contributed by atoms with Gasteiger partial charge in [0.05, 0.1) is 0 Å². The number of fused-ring (bicyclic) bond motifs is 1. The van der Waals surface area contributed by atoms with Gasteiger partial charge in [0.2, 0.25) is 0 Å². The highest BCUT2D eigenvalue weighted by Crippen LogP contribution is 2.16. The molecule has 0 unspecified atom stereocenters. The predicted molar refractivity (Wildman–Crippen MR) is 49.9 cm³/mol. The molecule has 0 aliphatic heterocycles. The Morgan fingerprint density at radius 2 is 2.31 bits per heavy atom. The number of nitrogens with zero attached hydrogens (tertiary/aromatic N) is 1. The molecule has 0 atom stereocenters. The van der Waals surface area contributed by atoms with E-state index in [0.29, 0.717) is 11.1 Å². The maximum Gasteiger partial charge on any atom is 0.255 e. The van der Waals surface area contributed by atoms with E-state index >= 15 is 0 Å². The van der Waals surface area contributed by atoms with E-state index < -0.39 is 0 Å². The van der Waals surface area contributed by atoms with Crippen LogP contribution < -0.4 is 5.73 Å². The second-order valence-corrected chi connectivity index (χ2v) is 2.94. The molecule has 0 bridgehead atoms. The fraction of sp³-hybridized carbons (Fsp3) is 0. The molecule has 0 saturated carbocycles. The highest BCUT2D eigenvalue weighted by molar-refractivity contribution is 7.80. The van der Waals surface area contributed by atoms with Gasteiger partial charge in [-0.2, -0.15) is 0 Å². The Morgan fingerprint density at radius 1 is 1.54 bits per heavy atom. The fourth-order valence-electron chi connectivity index (χ4n) is 1.01. The number of rotatable bonds is 1. The zero-order chi connectivity index (χ0) is 9.42. The largest absolute Gasteiger partial charge is 0.434 e. The number of benzene rings is 1. The Bertz CT molecular complexity index is 480. The minimum absolute atomic E-state index is 0.0663. The van der Waals surface area contributed by atoms with Crippen LogP contribution in [0.2, 0.25) is 0 Å². The SMILES string of the molecule is NC(=S)c1nc2cc(F)ccc2o1. The molecule has 1 aromatic heterocycles. The quantitative estimate of drug-likeness (QED) is 0.704. The third kappa shape index (κ3) is 1.38. The van der Waals surface area contributed by atoms with E-state index in [1.165, 1.54) is 18.2 Å². The molecule has 0 fully saturated rings. The Balaban J connectivity index is 2.68. The van der Waals surface area contributed by atoms with Gasteiger partial charge in [-0.25, -0.2) is 9.37 Å². The van der Waals surface area contributed by atoms with Crippen molar-refractivity contribution in [3.8, 4) is 0 Å². The van der Waals surface area contributed by atoms with Gasteiger partial charge in [0.25, 0.3) is 5.89 Å². The van der Waals surface area contributed by atoms with Gasteiger partial charge in [0.15, 0.2) is 10.6 Å². The summed E-state index contributed by atoms with van der Waals surface area (Å²) in [5, 5.41) is 0. The summed E-state index contributed by atoms with van der Waals surface area (Å²) in [4.78, 5) is 3.97. The second kappa shape index (κ2) is 2.77. The van der Waals surface area contributed by atoms with E-state index in [0.717, 1.165) is 0 Å². The van der Waals surface area contributed by atoms with Crippen LogP contribution >= 0.6 is 12.2 Å². The molecule has 5 heteroatoms. The molecule has 0 amide bonds. The summed E-state index contributed by atoms with van der Waals surface area (Å²) in [5.74, 6) is -0.203. The van der Waals surface area contributed by atoms with Crippen LogP contribution in [0.1, 0.15) is 5.89 Å². The standard InChI is InChI=1S/C8H5FN2OS/c9-4-1-2-6-5(3-4)11-8(12-6)7(10)13/h1-3H,(H2,10,13). The second-order valence-electron chi connectivity index (χ2n) is 2.50. The Hall–Kier alpha value is -1.49. The number of aromatic nitrogens is 1. The minimum atomic E-state index is -0.365. The van der Waals surface area contributed by atoms with E-state index in [9.17, 15) is 4.39 Å². The first-order valence-corrected chi connectivity index (χ1v) is 3.93. The molecule has 0 radical (unpaired) electrons. The topological polar surface area (TPSA) is 52.0 Å². The average molecular weight is 196 g/mol. The molecule has 3 nitrogen and oxygen atoms in total. The predicted octanol–water partition coefficient (Wildman–Crippen LogP) is 1.60. The summed E-state index contributed by atoms with van der Waals surface area (Å²) < 4.78 is 17.8. The van der Waals surface area contributed by atoms with E-state index in [4.69, 9.17) is 10.2 Å². The van der Waals surface area contributed by atoms with Crippen LogP contribution in [-0.4, -0.2) is 9.97 Å². The summed E-state index contributed by atoms with van der Waals surface area (Å²) in [7, 11) is 0. The van der Waals surface area contributed by atoms with Gasteiger partial charge in [-0.3, -0.25) is 0 Å². The van der Waals surface area contributed by atoms with Crippen LogP contribution in [0.4, 0.5) is 4.39 Å². The van der Waals surface area contributed by atoms with Crippen LogP contribution in [0.3, 0.4) is 0 Å². The van der Waals surface area contributed by atoms with Gasteiger partial charge in [0, 0.05) is 6.07 Å². The van der Waals surface area contributed by atoms with E-state index in [2.05, 4.69) is 17.2 Å². The smallest absolute Gasteiger partial charge is 0.255 e. The molecule has 1 heterocycles. The Morgan fingerprint density at radius 3 is 3.00 bits per heavy atom. The van der Waals surface area contributed by atoms with Crippen LogP contribution in [0, 0.1) is 5.82 Å². The third-order valence-corrected chi connectivity index (χ3v) is 1.74. The number of oxazole rings is 1. The molecule has 0 spiro atoms. The lowest BCUT2D eigenvalue weighted by Crippen LogP contribution is -2.09. The summed E-state index contributed by atoms with van der Waals surface area (Å²) in [6.07, 6.45) is 0. The lowest BCUT2D eigenvalue weighted by atomic mass is 10.3. The van der Waals surface area contributed by atoms with Crippen molar-refractivity contribution >= 4 is 28.3 Å². The molecule has 2 rings (SSSR count). The Labute approximate surface area is 78.4 Å². The molecular formula is C8H5FN2OS. The third-order valence-electron chi connectivity index (χ3n) is 1.56. The monoisotopic (exact) mass is 196 g/mol. The van der Waals surface area contributed by atoms with Crippen molar-refractivity contribution in [3.05, 3.63) is 29.9 Å². The molecule has 13 heavy (non-hydrogen) atoms. The van der Waals surface area contributed by atoms with Crippen molar-refractivity contribution in [2.45, 2.75) is 0 Å². The number of halogens is 1. The van der Waals surface area contributed by atoms with Gasteiger partial charge in [0.1, 0.15) is 11.3 Å². The fourth-order valence-corrected chi connectivity index (χ4v) is 1.09. The van der Waals surface area contributed by atoms with Gasteiger partial charge in [-0.15, -0.1) is 0 Å². The minimum Gasteiger partial charge on any atom is -0.434 e. The summed E-state index contributed by atoms with van der Waals surface area (Å²) >= 11 is 4.66. The van der Waals surface area contributed by atoms with Crippen molar-refractivity contribution in [1.29, 1.82) is 0 Å². The van der Waals surface area contributed by atoms with Crippen LogP contribution in [-0.2, 0) is 0 Å².